The molecule has 0 aliphatic carbocycles. The Morgan fingerprint density at radius 1 is 1.24 bits per heavy atom. The van der Waals surface area contributed by atoms with Gasteiger partial charge in [0.1, 0.15) is 6.04 Å². The molecular weight excluding hydrogens is 420 g/mol. The zero-order valence-electron chi connectivity index (χ0n) is 16.8. The molecule has 2 rings (SSSR count). The molecule has 9 nitrogen and oxygen atoms in total. The lowest BCUT2D eigenvalue weighted by Crippen LogP contribution is -2.59. The average Bonchev–Trinajstić information content (AvgIpc) is 2.66. The van der Waals surface area contributed by atoms with Gasteiger partial charge in [-0.15, -0.1) is 12.4 Å². The van der Waals surface area contributed by atoms with Gasteiger partial charge in [-0.05, 0) is 32.9 Å². The fraction of sp³-hybridized carbons (Fsp3) is 0.556. The predicted octanol–water partition coefficient (Wildman–Crippen LogP) is 0.288. The largest absolute Gasteiger partial charge is 0.351 e. The molecule has 0 radical (unpaired) electrons. The monoisotopic (exact) mass is 448 g/mol. The molecule has 1 fully saturated rings. The summed E-state index contributed by atoms with van der Waals surface area (Å²) < 4.78 is 26.4. The van der Waals surface area contributed by atoms with Crippen molar-refractivity contribution in [2.45, 2.75) is 32.4 Å². The van der Waals surface area contributed by atoms with E-state index in [2.05, 4.69) is 16.1 Å². The van der Waals surface area contributed by atoms with Crippen LogP contribution in [0, 0.1) is 0 Å². The molecule has 0 aromatic heterocycles. The van der Waals surface area contributed by atoms with Gasteiger partial charge in [-0.3, -0.25) is 14.4 Å². The Hall–Kier alpha value is -1.72. The number of nitrogens with zero attached hydrogens (tertiary/aromatic N) is 1. The van der Waals surface area contributed by atoms with Crippen molar-refractivity contribution in [1.82, 2.24) is 20.4 Å². The number of piperazine rings is 1. The van der Waals surface area contributed by atoms with Crippen LogP contribution in [0.5, 0.6) is 0 Å². The van der Waals surface area contributed by atoms with Crippen LogP contribution in [0.1, 0.15) is 31.1 Å². The van der Waals surface area contributed by atoms with Gasteiger partial charge in [0.05, 0.1) is 11.4 Å². The number of hydroxylamine groups is 1. The van der Waals surface area contributed by atoms with Crippen molar-refractivity contribution in [3.8, 4) is 0 Å². The molecule has 164 valence electrons. The zero-order chi connectivity index (χ0) is 20.8. The van der Waals surface area contributed by atoms with Gasteiger partial charge in [-0.25, -0.2) is 13.9 Å². The zero-order valence-corrected chi connectivity index (χ0v) is 18.4. The summed E-state index contributed by atoms with van der Waals surface area (Å²) in [7, 11) is -3.61. The molecule has 1 aliphatic heterocycles. The highest BCUT2D eigenvalue weighted by atomic mass is 35.5. The third-order valence-corrected chi connectivity index (χ3v) is 5.83. The molecule has 11 heteroatoms. The average molecular weight is 449 g/mol. The van der Waals surface area contributed by atoms with Crippen molar-refractivity contribution in [3.05, 3.63) is 35.9 Å². The van der Waals surface area contributed by atoms with Crippen LogP contribution in [-0.2, 0) is 19.7 Å². The standard InChI is InChI=1S/C18H28N4O5S.ClH/c1-18(2,3)27-21-17(24)15-13-22(11-9-19-15)28(25,26)12-10-20-16(23)14-7-5-4-6-8-14;/h4-8,15,19H,9-13H2,1-3H3,(H,20,23)(H,21,24);1H/t15-;/m1./s1. The first-order valence-electron chi connectivity index (χ1n) is 9.11. The van der Waals surface area contributed by atoms with Gasteiger partial charge < -0.3 is 10.6 Å². The lowest BCUT2D eigenvalue weighted by Gasteiger charge is -2.32. The Balaban J connectivity index is 0.00000420. The lowest BCUT2D eigenvalue weighted by atomic mass is 10.2. The minimum absolute atomic E-state index is 0. The maximum absolute atomic E-state index is 12.6. The Morgan fingerprint density at radius 2 is 1.90 bits per heavy atom. The molecule has 0 bridgehead atoms. The summed E-state index contributed by atoms with van der Waals surface area (Å²) in [6.07, 6.45) is 0. The number of carbonyl (C=O) groups is 2. The molecule has 1 aromatic carbocycles. The van der Waals surface area contributed by atoms with E-state index >= 15 is 0 Å². The van der Waals surface area contributed by atoms with E-state index in [9.17, 15) is 18.0 Å². The summed E-state index contributed by atoms with van der Waals surface area (Å²) in [5.41, 5.74) is 2.28. The summed E-state index contributed by atoms with van der Waals surface area (Å²) in [5.74, 6) is -0.988. The fourth-order valence-electron chi connectivity index (χ4n) is 2.54. The number of nitrogens with one attached hydrogen (secondary N) is 3. The van der Waals surface area contributed by atoms with E-state index in [0.717, 1.165) is 0 Å². The minimum atomic E-state index is -3.61. The van der Waals surface area contributed by atoms with Crippen molar-refractivity contribution in [1.29, 1.82) is 0 Å². The van der Waals surface area contributed by atoms with Crippen LogP contribution in [0.4, 0.5) is 0 Å². The SMILES string of the molecule is CC(C)(C)ONC(=O)[C@H]1CN(S(=O)(=O)CCNC(=O)c2ccccc2)CCN1.Cl. The van der Waals surface area contributed by atoms with E-state index in [1.165, 1.54) is 4.31 Å². The molecule has 0 spiro atoms. The number of hydrogen-bond donors (Lipinski definition) is 3. The third kappa shape index (κ3) is 8.27. The van der Waals surface area contributed by atoms with Gasteiger partial charge >= 0.3 is 0 Å². The number of amides is 2. The van der Waals surface area contributed by atoms with E-state index in [1.807, 2.05) is 0 Å². The fourth-order valence-corrected chi connectivity index (χ4v) is 3.90. The molecule has 3 N–H and O–H groups in total. The second kappa shape index (κ2) is 10.9. The Morgan fingerprint density at radius 3 is 2.52 bits per heavy atom. The van der Waals surface area contributed by atoms with Crippen LogP contribution in [0.15, 0.2) is 30.3 Å². The summed E-state index contributed by atoms with van der Waals surface area (Å²) in [4.78, 5) is 29.4. The molecule has 29 heavy (non-hydrogen) atoms. The molecule has 1 saturated heterocycles. The van der Waals surface area contributed by atoms with Crippen molar-refractivity contribution < 1.29 is 22.8 Å². The summed E-state index contributed by atoms with van der Waals surface area (Å²) >= 11 is 0. The second-order valence-electron chi connectivity index (χ2n) is 7.48. The highest BCUT2D eigenvalue weighted by molar-refractivity contribution is 7.89. The first kappa shape index (κ1) is 25.3. The molecule has 0 saturated carbocycles. The maximum atomic E-state index is 12.6. The Labute approximate surface area is 178 Å². The number of benzene rings is 1. The normalized spacial score (nSPS) is 17.8. The van der Waals surface area contributed by atoms with Crippen molar-refractivity contribution in [2.24, 2.45) is 0 Å². The summed E-state index contributed by atoms with van der Waals surface area (Å²) in [6, 6.07) is 7.88. The molecule has 1 aliphatic rings. The number of carbonyl (C=O) groups excluding carboxylic acids is 2. The van der Waals surface area contributed by atoms with E-state index in [0.29, 0.717) is 12.1 Å². The van der Waals surface area contributed by atoms with Gasteiger partial charge in [0.2, 0.25) is 10.0 Å². The van der Waals surface area contributed by atoms with E-state index < -0.39 is 27.6 Å². The van der Waals surface area contributed by atoms with Crippen LogP contribution >= 0.6 is 12.4 Å². The number of rotatable bonds is 7. The van der Waals surface area contributed by atoms with E-state index in [1.54, 1.807) is 51.1 Å². The molecule has 1 aromatic rings. The highest BCUT2D eigenvalue weighted by Gasteiger charge is 2.32. The summed E-state index contributed by atoms with van der Waals surface area (Å²) in [6.45, 7) is 5.99. The Kier molecular flexibility index (Phi) is 9.50. The molecule has 0 unspecified atom stereocenters. The van der Waals surface area contributed by atoms with Gasteiger partial charge in [0.25, 0.3) is 11.8 Å². The Bertz CT molecular complexity index is 783. The topological polar surface area (TPSA) is 117 Å². The van der Waals surface area contributed by atoms with Crippen molar-refractivity contribution in [3.63, 3.8) is 0 Å². The van der Waals surface area contributed by atoms with E-state index in [-0.39, 0.29) is 43.7 Å². The number of sulfonamides is 1. The number of halogens is 1. The maximum Gasteiger partial charge on any atom is 0.262 e. The van der Waals surface area contributed by atoms with E-state index in [4.69, 9.17) is 4.84 Å². The molecule has 2 amide bonds. The van der Waals surface area contributed by atoms with Gasteiger partial charge in [-0.2, -0.15) is 4.31 Å². The van der Waals surface area contributed by atoms with Crippen LogP contribution in [0.2, 0.25) is 0 Å². The first-order chi connectivity index (χ1) is 13.1. The molecule has 1 heterocycles. The van der Waals surface area contributed by atoms with Crippen LogP contribution < -0.4 is 16.1 Å². The predicted molar refractivity (Wildman–Crippen MR) is 112 cm³/mol. The van der Waals surface area contributed by atoms with Gasteiger partial charge in [0, 0.05) is 31.7 Å². The molecular formula is C18H29ClN4O5S. The van der Waals surface area contributed by atoms with Crippen molar-refractivity contribution >= 4 is 34.2 Å². The summed E-state index contributed by atoms with van der Waals surface area (Å²) in [5, 5.41) is 5.59. The lowest BCUT2D eigenvalue weighted by molar-refractivity contribution is -0.148. The highest BCUT2D eigenvalue weighted by Crippen LogP contribution is 2.09. The van der Waals surface area contributed by atoms with Gasteiger partial charge in [0.15, 0.2) is 0 Å². The van der Waals surface area contributed by atoms with Crippen molar-refractivity contribution in [2.75, 3.05) is 31.9 Å². The van der Waals surface area contributed by atoms with Gasteiger partial charge in [-0.1, -0.05) is 18.2 Å². The smallest absolute Gasteiger partial charge is 0.262 e. The second-order valence-corrected chi connectivity index (χ2v) is 9.57. The first-order valence-corrected chi connectivity index (χ1v) is 10.7. The molecule has 1 atom stereocenters. The van der Waals surface area contributed by atoms with Crippen LogP contribution in [-0.4, -0.2) is 68.1 Å². The van der Waals surface area contributed by atoms with Crippen LogP contribution in [0.25, 0.3) is 0 Å². The third-order valence-electron chi connectivity index (χ3n) is 3.99. The minimum Gasteiger partial charge on any atom is -0.351 e. The van der Waals surface area contributed by atoms with Crippen LogP contribution in [0.3, 0.4) is 0 Å². The quantitative estimate of drug-likeness (QED) is 0.516. The number of hydrogen-bond acceptors (Lipinski definition) is 6.